The minimum absolute atomic E-state index is 0.0916. The van der Waals surface area contributed by atoms with Crippen LogP contribution in [0.15, 0.2) is 23.7 Å². The highest BCUT2D eigenvalue weighted by atomic mass is 32.1. The average molecular weight is 286 g/mol. The van der Waals surface area contributed by atoms with Crippen molar-refractivity contribution in [3.8, 4) is 0 Å². The number of anilines is 1. The average Bonchev–Trinajstić information content (AvgIpc) is 2.87. The van der Waals surface area contributed by atoms with E-state index in [4.69, 9.17) is 11.1 Å². The molecular weight excluding hydrogens is 268 g/mol. The number of aromatic nitrogens is 1. The molecule has 3 N–H and O–H groups in total. The molecule has 1 unspecified atom stereocenters. The number of rotatable bonds is 2. The van der Waals surface area contributed by atoms with Crippen LogP contribution in [0.5, 0.6) is 0 Å². The van der Waals surface area contributed by atoms with Gasteiger partial charge in [0, 0.05) is 17.6 Å². The van der Waals surface area contributed by atoms with Crippen LogP contribution in [0, 0.1) is 12.3 Å². The maximum Gasteiger partial charge on any atom is 0.140 e. The summed E-state index contributed by atoms with van der Waals surface area (Å²) in [6, 6.07) is 4.38. The van der Waals surface area contributed by atoms with E-state index in [0.29, 0.717) is 0 Å². The molecule has 0 saturated heterocycles. The maximum atomic E-state index is 7.83. The lowest BCUT2D eigenvalue weighted by molar-refractivity contribution is 0.624. The molecule has 1 aliphatic rings. The van der Waals surface area contributed by atoms with Gasteiger partial charge in [-0.25, -0.2) is 4.98 Å². The Morgan fingerprint density at radius 3 is 3.05 bits per heavy atom. The number of hydrogen-bond acceptors (Lipinski definition) is 4. The molecule has 3 heterocycles. The van der Waals surface area contributed by atoms with Gasteiger partial charge in [0.1, 0.15) is 11.7 Å². The molecule has 0 radical (unpaired) electrons. The second-order valence-electron chi connectivity index (χ2n) is 5.16. The Morgan fingerprint density at radius 1 is 1.50 bits per heavy atom. The molecule has 0 amide bonds. The van der Waals surface area contributed by atoms with Crippen LogP contribution in [0.4, 0.5) is 5.82 Å². The number of pyridine rings is 1. The molecule has 2 aromatic heterocycles. The van der Waals surface area contributed by atoms with Crippen LogP contribution in [-0.4, -0.2) is 17.4 Å². The number of hydrogen-bond donors (Lipinski definition) is 2. The molecule has 2 aromatic rings. The largest absolute Gasteiger partial charge is 0.384 e. The normalized spacial score (nSPS) is 17.9. The molecule has 0 spiro atoms. The van der Waals surface area contributed by atoms with Crippen LogP contribution in [0.3, 0.4) is 0 Å². The van der Waals surface area contributed by atoms with Gasteiger partial charge in [-0.15, -0.1) is 11.3 Å². The zero-order valence-electron chi connectivity index (χ0n) is 11.7. The second kappa shape index (κ2) is 4.90. The lowest BCUT2D eigenvalue weighted by Gasteiger charge is -2.35. The van der Waals surface area contributed by atoms with Gasteiger partial charge in [-0.2, -0.15) is 0 Å². The molecule has 1 aliphatic heterocycles. The Hall–Kier alpha value is -1.88. The van der Waals surface area contributed by atoms with Crippen molar-refractivity contribution >= 4 is 23.0 Å². The highest BCUT2D eigenvalue weighted by Gasteiger charge is 2.28. The molecule has 20 heavy (non-hydrogen) atoms. The fraction of sp³-hybridized carbons (Fsp3) is 0.333. The summed E-state index contributed by atoms with van der Waals surface area (Å²) >= 11 is 1.83. The molecular formula is C15H18N4S. The number of nitrogens with two attached hydrogens (primary N) is 1. The van der Waals surface area contributed by atoms with E-state index in [2.05, 4.69) is 28.3 Å². The number of thiophene rings is 1. The fourth-order valence-corrected chi connectivity index (χ4v) is 3.86. The third-order valence-electron chi connectivity index (χ3n) is 3.96. The van der Waals surface area contributed by atoms with Crippen molar-refractivity contribution in [1.82, 2.24) is 4.98 Å². The second-order valence-corrected chi connectivity index (χ2v) is 6.16. The lowest BCUT2D eigenvalue weighted by atomic mass is 10.00. The van der Waals surface area contributed by atoms with E-state index < -0.39 is 0 Å². The van der Waals surface area contributed by atoms with Crippen molar-refractivity contribution in [2.75, 3.05) is 11.4 Å². The summed E-state index contributed by atoms with van der Waals surface area (Å²) < 4.78 is 0. The topological polar surface area (TPSA) is 66.0 Å². The zero-order chi connectivity index (χ0) is 14.3. The third-order valence-corrected chi connectivity index (χ3v) is 4.95. The first-order valence-electron chi connectivity index (χ1n) is 6.72. The quantitative estimate of drug-likeness (QED) is 0.659. The number of amidine groups is 1. The number of fused-ring (bicyclic) bond motifs is 1. The van der Waals surface area contributed by atoms with Gasteiger partial charge < -0.3 is 10.6 Å². The van der Waals surface area contributed by atoms with Crippen LogP contribution in [-0.2, 0) is 6.42 Å². The van der Waals surface area contributed by atoms with E-state index in [1.54, 1.807) is 6.20 Å². The minimum atomic E-state index is 0.0916. The van der Waals surface area contributed by atoms with Gasteiger partial charge in [0.05, 0.1) is 11.6 Å². The van der Waals surface area contributed by atoms with Gasteiger partial charge >= 0.3 is 0 Å². The van der Waals surface area contributed by atoms with Crippen LogP contribution >= 0.6 is 11.3 Å². The fourth-order valence-electron chi connectivity index (χ4n) is 2.89. The summed E-state index contributed by atoms with van der Waals surface area (Å²) in [5.74, 6) is 0.927. The number of nitrogens with one attached hydrogen (secondary N) is 1. The molecule has 5 heteroatoms. The highest BCUT2D eigenvalue weighted by Crippen LogP contribution is 2.36. The zero-order valence-corrected chi connectivity index (χ0v) is 12.5. The Balaban J connectivity index is 2.07. The van der Waals surface area contributed by atoms with Crippen molar-refractivity contribution in [2.45, 2.75) is 26.3 Å². The predicted molar refractivity (Wildman–Crippen MR) is 83.8 cm³/mol. The van der Waals surface area contributed by atoms with Gasteiger partial charge in [0.15, 0.2) is 0 Å². The van der Waals surface area contributed by atoms with E-state index in [-0.39, 0.29) is 11.9 Å². The molecule has 104 valence electrons. The van der Waals surface area contributed by atoms with Crippen molar-refractivity contribution in [3.63, 3.8) is 0 Å². The van der Waals surface area contributed by atoms with Gasteiger partial charge in [-0.05, 0) is 48.9 Å². The van der Waals surface area contributed by atoms with Crippen molar-refractivity contribution in [2.24, 2.45) is 5.73 Å². The number of nitrogen functional groups attached to an aromatic ring is 1. The van der Waals surface area contributed by atoms with E-state index in [1.807, 2.05) is 24.3 Å². The SMILES string of the molecule is Cc1ccnc(N2CCc3sccc3C2C)c1C(=N)N. The van der Waals surface area contributed by atoms with Crippen molar-refractivity contribution in [3.05, 3.63) is 45.3 Å². The molecule has 0 aliphatic carbocycles. The van der Waals surface area contributed by atoms with Crippen LogP contribution < -0.4 is 10.6 Å². The maximum absolute atomic E-state index is 7.83. The standard InChI is InChI=1S/C15H18N4S/c1-9-3-6-18-15(13(9)14(16)17)19-7-4-12-11(10(19)2)5-8-20-12/h3,5-6,8,10H,4,7H2,1-2H3,(H3,16,17). The lowest BCUT2D eigenvalue weighted by Crippen LogP contribution is -2.35. The Kier molecular flexibility index (Phi) is 3.22. The van der Waals surface area contributed by atoms with E-state index in [1.165, 1.54) is 10.4 Å². The summed E-state index contributed by atoms with van der Waals surface area (Å²) in [7, 11) is 0. The predicted octanol–water partition coefficient (Wildman–Crippen LogP) is 2.86. The monoisotopic (exact) mass is 286 g/mol. The first-order valence-corrected chi connectivity index (χ1v) is 7.60. The van der Waals surface area contributed by atoms with Crippen LogP contribution in [0.1, 0.15) is 34.5 Å². The molecule has 1 atom stereocenters. The Labute approximate surface area is 122 Å². The first kappa shape index (κ1) is 13.1. The summed E-state index contributed by atoms with van der Waals surface area (Å²) in [6.07, 6.45) is 2.83. The van der Waals surface area contributed by atoms with Crippen LogP contribution in [0.25, 0.3) is 0 Å². The summed E-state index contributed by atoms with van der Waals surface area (Å²) in [6.45, 7) is 5.09. The van der Waals surface area contributed by atoms with Crippen molar-refractivity contribution < 1.29 is 0 Å². The van der Waals surface area contributed by atoms with Gasteiger partial charge in [0.2, 0.25) is 0 Å². The summed E-state index contributed by atoms with van der Waals surface area (Å²) in [5, 5.41) is 9.98. The molecule has 0 saturated carbocycles. The highest BCUT2D eigenvalue weighted by molar-refractivity contribution is 7.10. The van der Waals surface area contributed by atoms with E-state index in [9.17, 15) is 0 Å². The minimum Gasteiger partial charge on any atom is -0.384 e. The van der Waals surface area contributed by atoms with E-state index in [0.717, 1.165) is 29.9 Å². The third kappa shape index (κ3) is 1.98. The van der Waals surface area contributed by atoms with Gasteiger partial charge in [-0.3, -0.25) is 5.41 Å². The first-order chi connectivity index (χ1) is 9.59. The smallest absolute Gasteiger partial charge is 0.140 e. The molecule has 3 rings (SSSR count). The van der Waals surface area contributed by atoms with Crippen molar-refractivity contribution in [1.29, 1.82) is 5.41 Å². The molecule has 0 aromatic carbocycles. The Bertz CT molecular complexity index is 662. The van der Waals surface area contributed by atoms with E-state index >= 15 is 0 Å². The molecule has 0 fully saturated rings. The van der Waals surface area contributed by atoms with Gasteiger partial charge in [0.25, 0.3) is 0 Å². The number of nitrogens with zero attached hydrogens (tertiary/aromatic N) is 2. The number of aryl methyl sites for hydroxylation is 1. The van der Waals surface area contributed by atoms with Gasteiger partial charge in [-0.1, -0.05) is 0 Å². The summed E-state index contributed by atoms with van der Waals surface area (Å²) in [4.78, 5) is 8.23. The Morgan fingerprint density at radius 2 is 2.30 bits per heavy atom. The molecule has 0 bridgehead atoms. The van der Waals surface area contributed by atoms with Crippen LogP contribution in [0.2, 0.25) is 0 Å². The molecule has 4 nitrogen and oxygen atoms in total. The summed E-state index contributed by atoms with van der Waals surface area (Å²) in [5.41, 5.74) is 8.90.